The number of hydrogen-bond acceptors (Lipinski definition) is 3. The average molecular weight is 366 g/mol. The van der Waals surface area contributed by atoms with E-state index in [9.17, 15) is 4.79 Å². The molecule has 27 heavy (non-hydrogen) atoms. The summed E-state index contributed by atoms with van der Waals surface area (Å²) in [7, 11) is 0. The number of aromatic nitrogens is 3. The first kappa shape index (κ1) is 19.5. The van der Waals surface area contributed by atoms with Crippen LogP contribution in [0.25, 0.3) is 21.9 Å². The van der Waals surface area contributed by atoms with Gasteiger partial charge < -0.3 is 4.57 Å². The van der Waals surface area contributed by atoms with Crippen LogP contribution in [-0.4, -0.2) is 20.3 Å². The Balaban J connectivity index is 1.75. The van der Waals surface area contributed by atoms with E-state index in [2.05, 4.69) is 35.5 Å². The molecule has 0 atom stereocenters. The van der Waals surface area contributed by atoms with Gasteiger partial charge in [0.25, 0.3) is 0 Å². The summed E-state index contributed by atoms with van der Waals surface area (Å²) in [5.74, 6) is 1.51. The zero-order chi connectivity index (χ0) is 19.1. The van der Waals surface area contributed by atoms with Crippen molar-refractivity contribution in [3.8, 4) is 0 Å². The van der Waals surface area contributed by atoms with Gasteiger partial charge in [-0.1, -0.05) is 51.3 Å². The lowest BCUT2D eigenvalue weighted by Crippen LogP contribution is -2.07. The Morgan fingerprint density at radius 1 is 0.963 bits per heavy atom. The van der Waals surface area contributed by atoms with E-state index in [0.29, 0.717) is 12.2 Å². The second kappa shape index (κ2) is 9.63. The lowest BCUT2D eigenvalue weighted by atomic mass is 10.1. The average Bonchev–Trinajstić information content (AvgIpc) is 3.03. The normalized spacial score (nSPS) is 11.5. The minimum atomic E-state index is 0.402. The summed E-state index contributed by atoms with van der Waals surface area (Å²) < 4.78 is 2.33. The van der Waals surface area contributed by atoms with Crippen LogP contribution in [0, 0.1) is 0 Å². The number of nitrogens with zero attached hydrogens (tertiary/aromatic N) is 3. The standard InChI is InChI=1S/C23H31N3O/c1-3-5-6-7-12-18(27)13-10-16-26-22(11-4-2)25-21-17-24-20-15-9-8-14-19(20)23(21)26/h8-9,14-15,17H,3-7,10-13,16H2,1-2H3. The van der Waals surface area contributed by atoms with Crippen molar-refractivity contribution in [3.63, 3.8) is 0 Å². The predicted octanol–water partition coefficient (Wildman–Crippen LogP) is 5.86. The maximum Gasteiger partial charge on any atom is 0.132 e. The van der Waals surface area contributed by atoms with Gasteiger partial charge >= 0.3 is 0 Å². The lowest BCUT2D eigenvalue weighted by Gasteiger charge is -2.10. The van der Waals surface area contributed by atoms with Crippen molar-refractivity contribution in [2.24, 2.45) is 0 Å². The van der Waals surface area contributed by atoms with Crippen LogP contribution in [0.2, 0.25) is 0 Å². The summed E-state index contributed by atoms with van der Waals surface area (Å²) in [4.78, 5) is 21.6. The van der Waals surface area contributed by atoms with Gasteiger partial charge in [-0.15, -0.1) is 0 Å². The molecule has 4 heteroatoms. The molecule has 0 saturated heterocycles. The fourth-order valence-corrected chi connectivity index (χ4v) is 3.77. The van der Waals surface area contributed by atoms with Gasteiger partial charge in [-0.3, -0.25) is 9.78 Å². The van der Waals surface area contributed by atoms with Gasteiger partial charge in [0, 0.05) is 31.2 Å². The van der Waals surface area contributed by atoms with Crippen LogP contribution < -0.4 is 0 Å². The number of carbonyl (C=O) groups excluding carboxylic acids is 1. The van der Waals surface area contributed by atoms with Crippen molar-refractivity contribution in [2.75, 3.05) is 0 Å². The monoisotopic (exact) mass is 365 g/mol. The number of unbranched alkanes of at least 4 members (excludes halogenated alkanes) is 3. The zero-order valence-corrected chi connectivity index (χ0v) is 16.7. The highest BCUT2D eigenvalue weighted by Gasteiger charge is 2.14. The van der Waals surface area contributed by atoms with E-state index in [-0.39, 0.29) is 0 Å². The Hall–Kier alpha value is -2.23. The Kier molecular flexibility index (Phi) is 6.97. The van der Waals surface area contributed by atoms with Crippen LogP contribution in [-0.2, 0) is 17.8 Å². The van der Waals surface area contributed by atoms with Crippen LogP contribution in [0.1, 0.15) is 71.0 Å². The Bertz CT molecular complexity index is 897. The summed E-state index contributed by atoms with van der Waals surface area (Å²) in [5.41, 5.74) is 3.13. The number of imidazole rings is 1. The zero-order valence-electron chi connectivity index (χ0n) is 16.7. The highest BCUT2D eigenvalue weighted by molar-refractivity contribution is 6.02. The smallest absolute Gasteiger partial charge is 0.132 e. The first-order valence-electron chi connectivity index (χ1n) is 10.5. The van der Waals surface area contributed by atoms with Crippen molar-refractivity contribution < 1.29 is 4.79 Å². The van der Waals surface area contributed by atoms with Crippen molar-refractivity contribution in [1.82, 2.24) is 14.5 Å². The van der Waals surface area contributed by atoms with Gasteiger partial charge in [0.1, 0.15) is 17.1 Å². The largest absolute Gasteiger partial charge is 0.327 e. The van der Waals surface area contributed by atoms with Gasteiger partial charge in [0.2, 0.25) is 0 Å². The third-order valence-corrected chi connectivity index (χ3v) is 5.18. The van der Waals surface area contributed by atoms with E-state index in [1.165, 1.54) is 24.8 Å². The topological polar surface area (TPSA) is 47.8 Å². The number of ketones is 1. The molecule has 0 radical (unpaired) electrons. The quantitative estimate of drug-likeness (QED) is 0.400. The molecule has 0 aliphatic carbocycles. The first-order valence-corrected chi connectivity index (χ1v) is 10.5. The number of para-hydroxylation sites is 1. The summed E-state index contributed by atoms with van der Waals surface area (Å²) in [6.07, 6.45) is 10.8. The number of rotatable bonds is 11. The number of pyridine rings is 1. The summed E-state index contributed by atoms with van der Waals surface area (Å²) >= 11 is 0. The molecule has 0 aliphatic heterocycles. The van der Waals surface area contributed by atoms with Gasteiger partial charge in [0.15, 0.2) is 0 Å². The second-order valence-electron chi connectivity index (χ2n) is 7.39. The van der Waals surface area contributed by atoms with E-state index >= 15 is 0 Å². The molecule has 0 fully saturated rings. The Morgan fingerprint density at radius 2 is 1.78 bits per heavy atom. The van der Waals surface area contributed by atoms with Gasteiger partial charge in [-0.05, 0) is 25.3 Å². The number of benzene rings is 1. The van der Waals surface area contributed by atoms with Crippen LogP contribution in [0.3, 0.4) is 0 Å². The molecule has 3 aromatic rings. The second-order valence-corrected chi connectivity index (χ2v) is 7.39. The number of carbonyl (C=O) groups is 1. The molecule has 0 bridgehead atoms. The van der Waals surface area contributed by atoms with E-state index in [1.54, 1.807) is 0 Å². The SMILES string of the molecule is CCCCCCC(=O)CCCn1c(CCC)nc2cnc3ccccc3c21. The fraction of sp³-hybridized carbons (Fsp3) is 0.522. The van der Waals surface area contributed by atoms with Crippen LogP contribution in [0.4, 0.5) is 0 Å². The van der Waals surface area contributed by atoms with Gasteiger partial charge in [0.05, 0.1) is 17.2 Å². The maximum absolute atomic E-state index is 12.2. The van der Waals surface area contributed by atoms with Crippen molar-refractivity contribution in [2.45, 2.75) is 78.2 Å². The summed E-state index contributed by atoms with van der Waals surface area (Å²) in [6.45, 7) is 5.23. The highest BCUT2D eigenvalue weighted by atomic mass is 16.1. The summed E-state index contributed by atoms with van der Waals surface area (Å²) in [6, 6.07) is 8.25. The third kappa shape index (κ3) is 4.74. The molecular weight excluding hydrogens is 334 g/mol. The Morgan fingerprint density at radius 3 is 2.59 bits per heavy atom. The predicted molar refractivity (Wildman–Crippen MR) is 112 cm³/mol. The molecule has 0 aliphatic rings. The van der Waals surface area contributed by atoms with Crippen LogP contribution in [0.15, 0.2) is 30.5 Å². The third-order valence-electron chi connectivity index (χ3n) is 5.18. The molecule has 0 unspecified atom stereocenters. The number of hydrogen-bond donors (Lipinski definition) is 0. The molecule has 2 heterocycles. The number of aryl methyl sites for hydroxylation is 2. The molecular formula is C23H31N3O. The van der Waals surface area contributed by atoms with Crippen molar-refractivity contribution >= 4 is 27.7 Å². The van der Waals surface area contributed by atoms with Gasteiger partial charge in [-0.25, -0.2) is 4.98 Å². The molecule has 0 spiro atoms. The lowest BCUT2D eigenvalue weighted by molar-refractivity contribution is -0.119. The molecule has 3 rings (SSSR count). The van der Waals surface area contributed by atoms with Crippen molar-refractivity contribution in [1.29, 1.82) is 0 Å². The number of fused-ring (bicyclic) bond motifs is 3. The van der Waals surface area contributed by atoms with Crippen LogP contribution in [0.5, 0.6) is 0 Å². The fourth-order valence-electron chi connectivity index (χ4n) is 3.77. The minimum Gasteiger partial charge on any atom is -0.327 e. The van der Waals surface area contributed by atoms with E-state index in [0.717, 1.165) is 60.9 Å². The summed E-state index contributed by atoms with van der Waals surface area (Å²) in [5, 5.41) is 1.15. The molecule has 0 saturated carbocycles. The molecule has 0 N–H and O–H groups in total. The molecule has 1 aromatic carbocycles. The first-order chi connectivity index (χ1) is 13.2. The van der Waals surface area contributed by atoms with Crippen LogP contribution >= 0.6 is 0 Å². The van der Waals surface area contributed by atoms with E-state index < -0.39 is 0 Å². The minimum absolute atomic E-state index is 0.402. The van der Waals surface area contributed by atoms with Crippen molar-refractivity contribution in [3.05, 3.63) is 36.3 Å². The molecule has 0 amide bonds. The highest BCUT2D eigenvalue weighted by Crippen LogP contribution is 2.25. The molecule has 2 aromatic heterocycles. The number of Topliss-reactive ketones (excluding diaryl/α,β-unsaturated/α-hetero) is 1. The van der Waals surface area contributed by atoms with Gasteiger partial charge in [-0.2, -0.15) is 0 Å². The Labute approximate surface area is 162 Å². The van der Waals surface area contributed by atoms with E-state index in [1.807, 2.05) is 18.3 Å². The maximum atomic E-state index is 12.2. The molecule has 144 valence electrons. The molecule has 4 nitrogen and oxygen atoms in total. The van der Waals surface area contributed by atoms with E-state index in [4.69, 9.17) is 4.98 Å².